The van der Waals surface area contributed by atoms with E-state index in [0.717, 1.165) is 0 Å². The van der Waals surface area contributed by atoms with Gasteiger partial charge in [0.1, 0.15) is 10.8 Å². The molecule has 0 aromatic carbocycles. The zero-order valence-electron chi connectivity index (χ0n) is 9.00. The molecule has 2 heterocycles. The Hall–Kier alpha value is -1.79. The highest BCUT2D eigenvalue weighted by Crippen LogP contribution is 2.21. The first-order valence-corrected chi connectivity index (χ1v) is 5.15. The van der Waals surface area contributed by atoms with E-state index in [1.54, 1.807) is 12.1 Å². The maximum Gasteiger partial charge on any atom is 0.177 e. The average molecular weight is 253 g/mol. The van der Waals surface area contributed by atoms with E-state index in [-0.39, 0.29) is 11.8 Å². The maximum atomic E-state index is 10.9. The molecule has 6 nitrogen and oxygen atoms in total. The molecular formula is C10H9ClN4O2. The summed E-state index contributed by atoms with van der Waals surface area (Å²) in [7, 11) is 1.52. The molecular weight excluding hydrogens is 244 g/mol. The van der Waals surface area contributed by atoms with Gasteiger partial charge in [-0.15, -0.1) is 5.10 Å². The molecule has 0 aliphatic heterocycles. The van der Waals surface area contributed by atoms with Crippen molar-refractivity contribution < 1.29 is 9.53 Å². The molecule has 17 heavy (non-hydrogen) atoms. The van der Waals surface area contributed by atoms with Crippen LogP contribution in [0.4, 0.5) is 0 Å². The smallest absolute Gasteiger partial charge is 0.177 e. The van der Waals surface area contributed by atoms with Crippen LogP contribution in [0.2, 0.25) is 5.15 Å². The van der Waals surface area contributed by atoms with Crippen LogP contribution in [0.5, 0.6) is 0 Å². The van der Waals surface area contributed by atoms with Crippen LogP contribution in [0.15, 0.2) is 18.3 Å². The van der Waals surface area contributed by atoms with Gasteiger partial charge in [-0.25, -0.2) is 4.68 Å². The molecule has 2 rings (SSSR count). The molecule has 0 radical (unpaired) electrons. The molecule has 0 unspecified atom stereocenters. The van der Waals surface area contributed by atoms with Crippen molar-refractivity contribution >= 4 is 17.9 Å². The maximum absolute atomic E-state index is 10.9. The predicted molar refractivity (Wildman–Crippen MR) is 60.3 cm³/mol. The van der Waals surface area contributed by atoms with Gasteiger partial charge in [0.2, 0.25) is 0 Å². The molecule has 2 aromatic heterocycles. The van der Waals surface area contributed by atoms with Gasteiger partial charge in [0, 0.05) is 13.3 Å². The quantitative estimate of drug-likeness (QED) is 0.767. The van der Waals surface area contributed by atoms with Crippen LogP contribution in [0.1, 0.15) is 16.1 Å². The third kappa shape index (κ3) is 2.17. The van der Waals surface area contributed by atoms with Crippen LogP contribution >= 0.6 is 11.6 Å². The van der Waals surface area contributed by atoms with Crippen molar-refractivity contribution in [2.75, 3.05) is 7.11 Å². The van der Waals surface area contributed by atoms with Crippen molar-refractivity contribution in [3.8, 4) is 5.82 Å². The number of aromatic nitrogens is 4. The molecule has 0 aliphatic rings. The molecule has 0 aliphatic carbocycles. The number of aldehydes is 1. The highest BCUT2D eigenvalue weighted by molar-refractivity contribution is 6.32. The van der Waals surface area contributed by atoms with E-state index in [1.165, 1.54) is 18.0 Å². The lowest BCUT2D eigenvalue weighted by Crippen LogP contribution is -2.01. The number of carbonyl (C=O) groups is 1. The molecule has 0 N–H and O–H groups in total. The van der Waals surface area contributed by atoms with Crippen LogP contribution in [0.25, 0.3) is 5.82 Å². The fraction of sp³-hybridized carbons (Fsp3) is 0.200. The average Bonchev–Trinajstić information content (AvgIpc) is 2.67. The van der Waals surface area contributed by atoms with Crippen molar-refractivity contribution in [1.82, 2.24) is 20.0 Å². The Morgan fingerprint density at radius 1 is 1.59 bits per heavy atom. The molecule has 0 saturated heterocycles. The van der Waals surface area contributed by atoms with Crippen LogP contribution in [-0.4, -0.2) is 33.4 Å². The van der Waals surface area contributed by atoms with Gasteiger partial charge in [0.15, 0.2) is 12.1 Å². The van der Waals surface area contributed by atoms with Gasteiger partial charge < -0.3 is 4.74 Å². The Kier molecular flexibility index (Phi) is 3.46. The normalized spacial score (nSPS) is 10.5. The van der Waals surface area contributed by atoms with Gasteiger partial charge in [-0.2, -0.15) is 10.2 Å². The van der Waals surface area contributed by atoms with Crippen LogP contribution < -0.4 is 0 Å². The van der Waals surface area contributed by atoms with Gasteiger partial charge in [-0.3, -0.25) is 4.79 Å². The minimum atomic E-state index is 0.201. The second kappa shape index (κ2) is 5.03. The summed E-state index contributed by atoms with van der Waals surface area (Å²) in [5.74, 6) is 0.447. The SMILES string of the molecule is COCc1nn(-c2cccnn2)c(Cl)c1C=O. The molecule has 0 atom stereocenters. The number of halogens is 1. The number of carbonyl (C=O) groups excluding carboxylic acids is 1. The van der Waals surface area contributed by atoms with Crippen LogP contribution in [0, 0.1) is 0 Å². The second-order valence-corrected chi connectivity index (χ2v) is 3.55. The first-order chi connectivity index (χ1) is 8.27. The summed E-state index contributed by atoms with van der Waals surface area (Å²) in [5.41, 5.74) is 0.775. The zero-order valence-corrected chi connectivity index (χ0v) is 9.76. The highest BCUT2D eigenvalue weighted by Gasteiger charge is 2.17. The fourth-order valence-electron chi connectivity index (χ4n) is 1.37. The van der Waals surface area contributed by atoms with Crippen molar-refractivity contribution in [3.63, 3.8) is 0 Å². The summed E-state index contributed by atoms with van der Waals surface area (Å²) in [5, 5.41) is 12.0. The standard InChI is InChI=1S/C10H9ClN4O2/c1-17-6-8-7(5-16)10(11)15(14-8)9-3-2-4-12-13-9/h2-5H,6H2,1H3. The highest BCUT2D eigenvalue weighted by atomic mass is 35.5. The Bertz CT molecular complexity index is 527. The number of hydrogen-bond acceptors (Lipinski definition) is 5. The molecule has 88 valence electrons. The number of nitrogens with zero attached hydrogens (tertiary/aromatic N) is 4. The first-order valence-electron chi connectivity index (χ1n) is 4.77. The van der Waals surface area contributed by atoms with Gasteiger partial charge >= 0.3 is 0 Å². The lowest BCUT2D eigenvalue weighted by Gasteiger charge is -1.99. The van der Waals surface area contributed by atoms with E-state index in [2.05, 4.69) is 15.3 Å². The van der Waals surface area contributed by atoms with E-state index in [4.69, 9.17) is 16.3 Å². The molecule has 0 bridgehead atoms. The monoisotopic (exact) mass is 252 g/mol. The summed E-state index contributed by atoms with van der Waals surface area (Å²) < 4.78 is 6.30. The van der Waals surface area contributed by atoms with Crippen LogP contribution in [0.3, 0.4) is 0 Å². The Morgan fingerprint density at radius 3 is 3.00 bits per heavy atom. The lowest BCUT2D eigenvalue weighted by atomic mass is 10.3. The summed E-state index contributed by atoms with van der Waals surface area (Å²) in [4.78, 5) is 10.9. The zero-order chi connectivity index (χ0) is 12.3. The second-order valence-electron chi connectivity index (χ2n) is 3.20. The summed E-state index contributed by atoms with van der Waals surface area (Å²) >= 11 is 6.05. The third-order valence-electron chi connectivity index (χ3n) is 2.11. The Balaban J connectivity index is 2.52. The Morgan fingerprint density at radius 2 is 2.41 bits per heavy atom. The Labute approximate surface area is 102 Å². The van der Waals surface area contributed by atoms with Gasteiger partial charge in [-0.1, -0.05) is 11.6 Å². The summed E-state index contributed by atoms with van der Waals surface area (Å²) in [6.07, 6.45) is 2.19. The molecule has 0 fully saturated rings. The molecule has 0 spiro atoms. The van der Waals surface area contributed by atoms with E-state index in [9.17, 15) is 4.79 Å². The van der Waals surface area contributed by atoms with E-state index in [1.807, 2.05) is 0 Å². The van der Waals surface area contributed by atoms with Gasteiger partial charge in [0.25, 0.3) is 0 Å². The van der Waals surface area contributed by atoms with Gasteiger partial charge in [-0.05, 0) is 12.1 Å². The number of ether oxygens (including phenoxy) is 1. The topological polar surface area (TPSA) is 69.9 Å². The van der Waals surface area contributed by atoms with E-state index in [0.29, 0.717) is 23.4 Å². The molecule has 7 heteroatoms. The van der Waals surface area contributed by atoms with E-state index < -0.39 is 0 Å². The number of methoxy groups -OCH3 is 1. The fourth-order valence-corrected chi connectivity index (χ4v) is 1.65. The minimum Gasteiger partial charge on any atom is -0.378 e. The summed E-state index contributed by atoms with van der Waals surface area (Å²) in [6.45, 7) is 0.209. The number of rotatable bonds is 4. The van der Waals surface area contributed by atoms with E-state index >= 15 is 0 Å². The number of hydrogen-bond donors (Lipinski definition) is 0. The van der Waals surface area contributed by atoms with Crippen molar-refractivity contribution in [2.24, 2.45) is 0 Å². The predicted octanol–water partition coefficient (Wildman–Crippen LogP) is 1.27. The van der Waals surface area contributed by atoms with Crippen molar-refractivity contribution in [2.45, 2.75) is 6.61 Å². The summed E-state index contributed by atoms with van der Waals surface area (Å²) in [6, 6.07) is 3.40. The third-order valence-corrected chi connectivity index (χ3v) is 2.48. The largest absolute Gasteiger partial charge is 0.378 e. The molecule has 2 aromatic rings. The van der Waals surface area contributed by atoms with Crippen LogP contribution in [-0.2, 0) is 11.3 Å². The lowest BCUT2D eigenvalue weighted by molar-refractivity contribution is 0.111. The first kappa shape index (κ1) is 11.7. The molecule has 0 saturated carbocycles. The van der Waals surface area contributed by atoms with Crippen molar-refractivity contribution in [1.29, 1.82) is 0 Å². The molecule has 0 amide bonds. The minimum absolute atomic E-state index is 0.201. The van der Waals surface area contributed by atoms with Crippen molar-refractivity contribution in [3.05, 3.63) is 34.7 Å². The van der Waals surface area contributed by atoms with Gasteiger partial charge in [0.05, 0.1) is 12.2 Å².